The molecule has 0 radical (unpaired) electrons. The Balaban J connectivity index is 2.04. The summed E-state index contributed by atoms with van der Waals surface area (Å²) in [4.78, 5) is 0. The molecule has 1 aliphatic heterocycles. The molecule has 124 valence electrons. The smallest absolute Gasteiger partial charge is 0.244 e. The van der Waals surface area contributed by atoms with Crippen LogP contribution in [0.1, 0.15) is 22.7 Å². The number of rotatable bonds is 2. The molecule has 1 aliphatic rings. The van der Waals surface area contributed by atoms with Gasteiger partial charge in [0.2, 0.25) is 11.8 Å². The molecule has 1 atom stereocenters. The first kappa shape index (κ1) is 15.1. The number of allylic oxidation sites excluding steroid dienone is 1. The van der Waals surface area contributed by atoms with Crippen molar-refractivity contribution in [3.05, 3.63) is 64.7 Å². The summed E-state index contributed by atoms with van der Waals surface area (Å²) < 4.78 is 11.1. The van der Waals surface area contributed by atoms with E-state index in [2.05, 4.69) is 16.3 Å². The normalized spacial score (nSPS) is 16.3. The van der Waals surface area contributed by atoms with Gasteiger partial charge in [-0.05, 0) is 29.8 Å². The van der Waals surface area contributed by atoms with Gasteiger partial charge in [0.15, 0.2) is 0 Å². The van der Waals surface area contributed by atoms with Crippen LogP contribution in [0.3, 0.4) is 0 Å². The number of nitrogens with one attached hydrogen (secondary N) is 1. The van der Waals surface area contributed by atoms with Gasteiger partial charge in [-0.2, -0.15) is 5.26 Å². The fraction of sp³-hybridized carbons (Fsp3) is 0.158. The minimum atomic E-state index is -0.396. The van der Waals surface area contributed by atoms with Crippen LogP contribution in [0.25, 0.3) is 10.8 Å². The lowest BCUT2D eigenvalue weighted by molar-refractivity contribution is 0.375. The number of aromatic amines is 1. The van der Waals surface area contributed by atoms with E-state index in [1.54, 1.807) is 7.11 Å². The molecule has 3 aromatic rings. The Labute approximate surface area is 144 Å². The molecule has 2 aromatic carbocycles. The van der Waals surface area contributed by atoms with Crippen molar-refractivity contribution in [1.82, 2.24) is 10.2 Å². The highest BCUT2D eigenvalue weighted by Crippen LogP contribution is 2.46. The maximum atomic E-state index is 9.68. The molecule has 0 aliphatic carbocycles. The SMILES string of the molecule is COc1cc2ccccc2cc1[C@@H]1C(C#N)=C(N)Oc2n[nH]c(C)c21. The number of hydrogen-bond donors (Lipinski definition) is 2. The quantitative estimate of drug-likeness (QED) is 0.751. The molecule has 3 N–H and O–H groups in total. The number of hydrogen-bond acceptors (Lipinski definition) is 5. The molecule has 6 nitrogen and oxygen atoms in total. The lowest BCUT2D eigenvalue weighted by Crippen LogP contribution is -2.21. The topological polar surface area (TPSA) is 96.9 Å². The highest BCUT2D eigenvalue weighted by atomic mass is 16.5. The molecular formula is C19H16N4O2. The number of aromatic nitrogens is 2. The Kier molecular flexibility index (Phi) is 3.36. The molecule has 0 bridgehead atoms. The molecule has 0 unspecified atom stereocenters. The summed E-state index contributed by atoms with van der Waals surface area (Å²) in [7, 11) is 1.62. The third kappa shape index (κ3) is 2.21. The molecule has 6 heteroatoms. The number of methoxy groups -OCH3 is 1. The highest BCUT2D eigenvalue weighted by Gasteiger charge is 2.35. The summed E-state index contributed by atoms with van der Waals surface area (Å²) >= 11 is 0. The van der Waals surface area contributed by atoms with Gasteiger partial charge in [0.25, 0.3) is 0 Å². The zero-order valence-corrected chi connectivity index (χ0v) is 13.8. The monoisotopic (exact) mass is 332 g/mol. The van der Waals surface area contributed by atoms with Crippen LogP contribution in [0.2, 0.25) is 0 Å². The average Bonchev–Trinajstić information content (AvgIpc) is 2.99. The van der Waals surface area contributed by atoms with E-state index in [1.165, 1.54) is 0 Å². The summed E-state index contributed by atoms with van der Waals surface area (Å²) in [5, 5.41) is 18.9. The van der Waals surface area contributed by atoms with E-state index >= 15 is 0 Å². The maximum Gasteiger partial charge on any atom is 0.244 e. The van der Waals surface area contributed by atoms with Gasteiger partial charge in [-0.25, -0.2) is 0 Å². The summed E-state index contributed by atoms with van der Waals surface area (Å²) in [6, 6.07) is 14.2. The van der Waals surface area contributed by atoms with Crippen molar-refractivity contribution in [1.29, 1.82) is 5.26 Å². The lowest BCUT2D eigenvalue weighted by Gasteiger charge is -2.25. The number of ether oxygens (including phenoxy) is 2. The second-order valence-corrected chi connectivity index (χ2v) is 5.93. The van der Waals surface area contributed by atoms with E-state index < -0.39 is 5.92 Å². The fourth-order valence-electron chi connectivity index (χ4n) is 3.35. The molecular weight excluding hydrogens is 316 g/mol. The molecule has 0 saturated heterocycles. The van der Waals surface area contributed by atoms with Crippen LogP contribution in [-0.2, 0) is 0 Å². The van der Waals surface area contributed by atoms with Crippen molar-refractivity contribution in [2.45, 2.75) is 12.8 Å². The average molecular weight is 332 g/mol. The van der Waals surface area contributed by atoms with E-state index in [-0.39, 0.29) is 5.88 Å². The van der Waals surface area contributed by atoms with Gasteiger partial charge < -0.3 is 15.2 Å². The second kappa shape index (κ2) is 5.56. The van der Waals surface area contributed by atoms with Gasteiger partial charge in [-0.3, -0.25) is 5.10 Å². The Morgan fingerprint density at radius 3 is 2.68 bits per heavy atom. The Hall–Kier alpha value is -3.46. The molecule has 0 fully saturated rings. The molecule has 2 heterocycles. The first-order chi connectivity index (χ1) is 12.1. The van der Waals surface area contributed by atoms with Crippen molar-refractivity contribution in [2.24, 2.45) is 5.73 Å². The van der Waals surface area contributed by atoms with E-state index in [0.717, 1.165) is 27.6 Å². The number of aryl methyl sites for hydroxylation is 1. The van der Waals surface area contributed by atoms with Gasteiger partial charge in [-0.15, -0.1) is 5.10 Å². The van der Waals surface area contributed by atoms with Gasteiger partial charge >= 0.3 is 0 Å². The van der Waals surface area contributed by atoms with Crippen molar-refractivity contribution < 1.29 is 9.47 Å². The van der Waals surface area contributed by atoms with E-state index in [0.29, 0.717) is 17.2 Å². The number of H-pyrrole nitrogens is 1. The minimum Gasteiger partial charge on any atom is -0.496 e. The third-order valence-electron chi connectivity index (χ3n) is 4.54. The summed E-state index contributed by atoms with van der Waals surface area (Å²) in [5.74, 6) is 0.765. The van der Waals surface area contributed by atoms with Crippen molar-refractivity contribution >= 4 is 10.8 Å². The number of benzene rings is 2. The minimum absolute atomic E-state index is 0.0710. The Morgan fingerprint density at radius 2 is 2.00 bits per heavy atom. The number of fused-ring (bicyclic) bond motifs is 2. The first-order valence-corrected chi connectivity index (χ1v) is 7.83. The summed E-state index contributed by atoms with van der Waals surface area (Å²) in [5.41, 5.74) is 8.83. The number of nitriles is 1. The zero-order chi connectivity index (χ0) is 17.6. The van der Waals surface area contributed by atoms with Gasteiger partial charge in [-0.1, -0.05) is 24.3 Å². The summed E-state index contributed by atoms with van der Waals surface area (Å²) in [6.07, 6.45) is 0. The molecule has 0 amide bonds. The van der Waals surface area contributed by atoms with Crippen LogP contribution in [-0.4, -0.2) is 17.3 Å². The van der Waals surface area contributed by atoms with Crippen LogP contribution >= 0.6 is 0 Å². The van der Waals surface area contributed by atoms with Gasteiger partial charge in [0.05, 0.1) is 13.0 Å². The fourth-order valence-corrected chi connectivity index (χ4v) is 3.35. The predicted octanol–water partition coefficient (Wildman–Crippen LogP) is 3.10. The van der Waals surface area contributed by atoms with Crippen LogP contribution < -0.4 is 15.2 Å². The second-order valence-electron chi connectivity index (χ2n) is 5.93. The van der Waals surface area contributed by atoms with Gasteiger partial charge in [0, 0.05) is 16.8 Å². The molecule has 25 heavy (non-hydrogen) atoms. The van der Waals surface area contributed by atoms with Crippen LogP contribution in [0, 0.1) is 18.3 Å². The highest BCUT2D eigenvalue weighted by molar-refractivity contribution is 5.86. The Bertz CT molecular complexity index is 1060. The van der Waals surface area contributed by atoms with E-state index in [9.17, 15) is 5.26 Å². The lowest BCUT2D eigenvalue weighted by atomic mass is 9.83. The van der Waals surface area contributed by atoms with E-state index in [4.69, 9.17) is 15.2 Å². The van der Waals surface area contributed by atoms with Crippen LogP contribution in [0.15, 0.2) is 47.9 Å². The predicted molar refractivity (Wildman–Crippen MR) is 93.1 cm³/mol. The van der Waals surface area contributed by atoms with Crippen LogP contribution in [0.4, 0.5) is 0 Å². The molecule has 4 rings (SSSR count). The maximum absolute atomic E-state index is 9.68. The summed E-state index contributed by atoms with van der Waals surface area (Å²) in [6.45, 7) is 1.90. The standard InChI is InChI=1S/C19H16N4O2/c1-10-16-17(14(9-20)18(21)25-19(16)23-22-10)13-7-11-5-3-4-6-12(11)8-15(13)24-2/h3-8,17H,21H2,1-2H3,(H,22,23)/t17-/m1/s1. The van der Waals surface area contributed by atoms with E-state index in [1.807, 2.05) is 43.3 Å². The molecule has 0 saturated carbocycles. The number of nitrogens with zero attached hydrogens (tertiary/aromatic N) is 2. The van der Waals surface area contributed by atoms with Crippen molar-refractivity contribution in [3.8, 4) is 17.7 Å². The third-order valence-corrected chi connectivity index (χ3v) is 4.54. The van der Waals surface area contributed by atoms with Gasteiger partial charge in [0.1, 0.15) is 17.4 Å². The zero-order valence-electron chi connectivity index (χ0n) is 13.8. The largest absolute Gasteiger partial charge is 0.496 e. The molecule has 0 spiro atoms. The Morgan fingerprint density at radius 1 is 1.28 bits per heavy atom. The van der Waals surface area contributed by atoms with Crippen molar-refractivity contribution in [2.75, 3.05) is 7.11 Å². The first-order valence-electron chi connectivity index (χ1n) is 7.83. The number of nitrogens with two attached hydrogens (primary N) is 1. The van der Waals surface area contributed by atoms with Crippen LogP contribution in [0.5, 0.6) is 11.6 Å². The molecule has 1 aromatic heterocycles. The van der Waals surface area contributed by atoms with Crippen molar-refractivity contribution in [3.63, 3.8) is 0 Å².